The van der Waals surface area contributed by atoms with E-state index in [2.05, 4.69) is 14.8 Å². The maximum Gasteiger partial charge on any atom is 0.573 e. The van der Waals surface area contributed by atoms with Crippen molar-refractivity contribution in [3.05, 3.63) is 42.5 Å². The lowest BCUT2D eigenvalue weighted by atomic mass is 9.90. The number of nitrogens with one attached hydrogen (secondary N) is 2. The van der Waals surface area contributed by atoms with E-state index in [4.69, 9.17) is 4.74 Å². The Labute approximate surface area is 196 Å². The minimum absolute atomic E-state index is 0.0753. The second kappa shape index (κ2) is 11.0. The molecule has 0 spiro atoms. The van der Waals surface area contributed by atoms with Crippen LogP contribution in [0.3, 0.4) is 0 Å². The van der Waals surface area contributed by atoms with Gasteiger partial charge in [0.15, 0.2) is 0 Å². The standard InChI is InChI=1S/C22H27F3N2O6S/c1-5-32-18-12-15(26-21(29)20(13(2)3)14(4)28)9-10-19(18)34(30,31)27-16-7-6-8-17(11-16)33-22(23,24)25/h6-14,20,27-28H,5H2,1-4H3,(H,26,29). The lowest BCUT2D eigenvalue weighted by Crippen LogP contribution is -2.35. The number of sulfonamides is 1. The minimum atomic E-state index is -4.93. The Morgan fingerprint density at radius 3 is 2.32 bits per heavy atom. The van der Waals surface area contributed by atoms with Crippen LogP contribution >= 0.6 is 0 Å². The Morgan fingerprint density at radius 2 is 1.76 bits per heavy atom. The quantitative estimate of drug-likeness (QED) is 0.443. The molecule has 0 aliphatic rings. The zero-order valence-electron chi connectivity index (χ0n) is 19.0. The molecule has 0 aliphatic carbocycles. The molecule has 2 rings (SSSR count). The molecule has 0 aromatic heterocycles. The summed E-state index contributed by atoms with van der Waals surface area (Å²) in [5.74, 6) is -1.94. The van der Waals surface area contributed by atoms with Gasteiger partial charge in [-0.25, -0.2) is 8.42 Å². The van der Waals surface area contributed by atoms with Crippen LogP contribution in [0.1, 0.15) is 27.7 Å². The van der Waals surface area contributed by atoms with Crippen molar-refractivity contribution in [3.63, 3.8) is 0 Å². The molecule has 2 atom stereocenters. The topological polar surface area (TPSA) is 114 Å². The first-order chi connectivity index (χ1) is 15.7. The second-order valence-corrected chi connectivity index (χ2v) is 9.43. The number of amides is 1. The van der Waals surface area contributed by atoms with E-state index in [0.29, 0.717) is 0 Å². The molecular weight excluding hydrogens is 477 g/mol. The van der Waals surface area contributed by atoms with Gasteiger partial charge < -0.3 is 19.9 Å². The van der Waals surface area contributed by atoms with Crippen molar-refractivity contribution in [1.82, 2.24) is 0 Å². The summed E-state index contributed by atoms with van der Waals surface area (Å²) in [6.45, 7) is 6.83. The third-order valence-corrected chi connectivity index (χ3v) is 6.08. The van der Waals surface area contributed by atoms with Crippen molar-refractivity contribution in [2.45, 2.75) is 45.1 Å². The molecule has 34 heavy (non-hydrogen) atoms. The molecule has 1 amide bonds. The van der Waals surface area contributed by atoms with Crippen molar-refractivity contribution in [2.75, 3.05) is 16.6 Å². The summed E-state index contributed by atoms with van der Waals surface area (Å²) in [7, 11) is -4.28. The highest BCUT2D eigenvalue weighted by molar-refractivity contribution is 7.92. The SMILES string of the molecule is CCOc1cc(NC(=O)C(C(C)C)C(C)O)ccc1S(=O)(=O)Nc1cccc(OC(F)(F)F)c1. The highest BCUT2D eigenvalue weighted by atomic mass is 32.2. The summed E-state index contributed by atoms with van der Waals surface area (Å²) >= 11 is 0. The highest BCUT2D eigenvalue weighted by Crippen LogP contribution is 2.31. The Balaban J connectivity index is 2.32. The van der Waals surface area contributed by atoms with Crippen LogP contribution in [-0.2, 0) is 14.8 Å². The van der Waals surface area contributed by atoms with Gasteiger partial charge in [-0.05, 0) is 44.0 Å². The van der Waals surface area contributed by atoms with E-state index in [-0.39, 0.29) is 34.5 Å². The van der Waals surface area contributed by atoms with E-state index in [1.807, 2.05) is 0 Å². The zero-order chi connectivity index (χ0) is 25.7. The lowest BCUT2D eigenvalue weighted by Gasteiger charge is -2.23. The number of carbonyl (C=O) groups is 1. The molecule has 2 aromatic carbocycles. The first kappa shape index (κ1) is 27.3. The fraction of sp³-hybridized carbons (Fsp3) is 0.409. The van der Waals surface area contributed by atoms with Gasteiger partial charge in [0.25, 0.3) is 10.0 Å². The molecule has 3 N–H and O–H groups in total. The number of halogens is 3. The van der Waals surface area contributed by atoms with Crippen molar-refractivity contribution >= 4 is 27.3 Å². The van der Waals surface area contributed by atoms with Gasteiger partial charge >= 0.3 is 6.36 Å². The third kappa shape index (κ3) is 7.52. The molecule has 8 nitrogen and oxygen atoms in total. The Morgan fingerprint density at radius 1 is 1.09 bits per heavy atom. The zero-order valence-corrected chi connectivity index (χ0v) is 19.8. The number of aliphatic hydroxyl groups excluding tert-OH is 1. The van der Waals surface area contributed by atoms with E-state index in [0.717, 1.165) is 12.1 Å². The number of ether oxygens (including phenoxy) is 2. The fourth-order valence-corrected chi connectivity index (χ4v) is 4.52. The average molecular weight is 505 g/mol. The average Bonchev–Trinajstić information content (AvgIpc) is 2.66. The van der Waals surface area contributed by atoms with Crippen molar-refractivity contribution in [2.24, 2.45) is 11.8 Å². The summed E-state index contributed by atoms with van der Waals surface area (Å²) in [5, 5.41) is 12.5. The highest BCUT2D eigenvalue weighted by Gasteiger charge is 2.31. The van der Waals surface area contributed by atoms with Crippen molar-refractivity contribution in [3.8, 4) is 11.5 Å². The second-order valence-electron chi connectivity index (χ2n) is 7.78. The summed E-state index contributed by atoms with van der Waals surface area (Å²) in [5.41, 5.74) is 0.0950. The van der Waals surface area contributed by atoms with Crippen LogP contribution in [0.2, 0.25) is 0 Å². The summed E-state index contributed by atoms with van der Waals surface area (Å²) < 4.78 is 74.7. The van der Waals surface area contributed by atoms with Crippen molar-refractivity contribution < 1.29 is 41.0 Å². The molecule has 12 heteroatoms. The summed E-state index contributed by atoms with van der Waals surface area (Å²) in [6.07, 6.45) is -5.82. The van der Waals surface area contributed by atoms with Gasteiger partial charge in [-0.2, -0.15) is 0 Å². The van der Waals surface area contributed by atoms with E-state index < -0.39 is 40.1 Å². The number of alkyl halides is 3. The molecular formula is C22H27F3N2O6S. The van der Waals surface area contributed by atoms with E-state index in [9.17, 15) is 31.5 Å². The van der Waals surface area contributed by atoms with Gasteiger partial charge in [0, 0.05) is 17.8 Å². The van der Waals surface area contributed by atoms with Gasteiger partial charge in [-0.3, -0.25) is 9.52 Å². The molecule has 0 saturated carbocycles. The first-order valence-corrected chi connectivity index (χ1v) is 11.9. The van der Waals surface area contributed by atoms with Crippen LogP contribution in [0.4, 0.5) is 24.5 Å². The van der Waals surface area contributed by atoms with Crippen molar-refractivity contribution in [1.29, 1.82) is 0 Å². The molecule has 0 radical (unpaired) electrons. The maximum absolute atomic E-state index is 12.9. The van der Waals surface area contributed by atoms with Gasteiger partial charge in [0.05, 0.1) is 24.3 Å². The van der Waals surface area contributed by atoms with E-state index >= 15 is 0 Å². The van der Waals surface area contributed by atoms with Crippen LogP contribution < -0.4 is 19.5 Å². The minimum Gasteiger partial charge on any atom is -0.492 e. The predicted molar refractivity (Wildman–Crippen MR) is 120 cm³/mol. The number of anilines is 2. The lowest BCUT2D eigenvalue weighted by molar-refractivity contribution is -0.274. The van der Waals surface area contributed by atoms with E-state index in [1.165, 1.54) is 37.3 Å². The van der Waals surface area contributed by atoms with Gasteiger partial charge in [0.2, 0.25) is 5.91 Å². The van der Waals surface area contributed by atoms with Gasteiger partial charge in [-0.15, -0.1) is 13.2 Å². The first-order valence-electron chi connectivity index (χ1n) is 10.4. The molecule has 0 aliphatic heterocycles. The Kier molecular flexibility index (Phi) is 8.78. The number of benzene rings is 2. The van der Waals surface area contributed by atoms with Crippen LogP contribution in [-0.4, -0.2) is 38.5 Å². The van der Waals surface area contributed by atoms with E-state index in [1.54, 1.807) is 20.8 Å². The fourth-order valence-electron chi connectivity index (χ4n) is 3.35. The van der Waals surface area contributed by atoms with Gasteiger partial charge in [-0.1, -0.05) is 19.9 Å². The molecule has 2 unspecified atom stereocenters. The summed E-state index contributed by atoms with van der Waals surface area (Å²) in [6, 6.07) is 8.25. The number of carbonyl (C=O) groups excluding carboxylic acids is 1. The maximum atomic E-state index is 12.9. The van der Waals surface area contributed by atoms with Crippen LogP contribution in [0.25, 0.3) is 0 Å². The predicted octanol–water partition coefficient (Wildman–Crippen LogP) is 4.38. The number of aliphatic hydroxyl groups is 1. The number of hydrogen-bond acceptors (Lipinski definition) is 6. The van der Waals surface area contributed by atoms with Crippen LogP contribution in [0.5, 0.6) is 11.5 Å². The molecule has 188 valence electrons. The van der Waals surface area contributed by atoms with Crippen LogP contribution in [0.15, 0.2) is 47.4 Å². The monoisotopic (exact) mass is 504 g/mol. The van der Waals surface area contributed by atoms with Gasteiger partial charge in [0.1, 0.15) is 16.4 Å². The molecule has 0 fully saturated rings. The van der Waals surface area contributed by atoms with Crippen LogP contribution in [0, 0.1) is 11.8 Å². The smallest absolute Gasteiger partial charge is 0.492 e. The summed E-state index contributed by atoms with van der Waals surface area (Å²) in [4.78, 5) is 12.3. The molecule has 2 aromatic rings. The number of hydrogen-bond donors (Lipinski definition) is 3. The molecule has 0 heterocycles. The Hall–Kier alpha value is -2.99. The molecule has 0 bridgehead atoms. The number of rotatable bonds is 10. The molecule has 0 saturated heterocycles. The Bertz CT molecular complexity index is 1100. The normalized spacial score (nSPS) is 13.8. The largest absolute Gasteiger partial charge is 0.573 e. The third-order valence-electron chi connectivity index (χ3n) is 4.66.